The second-order valence-electron chi connectivity index (χ2n) is 4.80. The van der Waals surface area contributed by atoms with Crippen molar-refractivity contribution in [2.45, 2.75) is 25.0 Å². The Morgan fingerprint density at radius 3 is 2.83 bits per heavy atom. The highest BCUT2D eigenvalue weighted by atomic mass is 32.2. The number of hydrogen-bond acceptors (Lipinski definition) is 4. The van der Waals surface area contributed by atoms with Crippen LogP contribution in [0.3, 0.4) is 0 Å². The molecule has 0 aromatic carbocycles. The van der Waals surface area contributed by atoms with Gasteiger partial charge >= 0.3 is 5.97 Å². The number of nitrogens with zero attached hydrogens (tertiary/aromatic N) is 1. The van der Waals surface area contributed by atoms with Crippen LogP contribution in [0.2, 0.25) is 0 Å². The number of carbonyl (C=O) groups is 1. The maximum atomic E-state index is 12.1. The van der Waals surface area contributed by atoms with Gasteiger partial charge in [0.1, 0.15) is 0 Å². The first-order valence-electron chi connectivity index (χ1n) is 5.95. The van der Waals surface area contributed by atoms with Crippen molar-refractivity contribution in [2.75, 3.05) is 12.9 Å². The predicted molar refractivity (Wildman–Crippen MR) is 69.3 cm³/mol. The molecule has 0 N–H and O–H groups in total. The van der Waals surface area contributed by atoms with E-state index in [0.29, 0.717) is 17.9 Å². The maximum absolute atomic E-state index is 12.1. The summed E-state index contributed by atoms with van der Waals surface area (Å²) in [5, 5.41) is 0. The fraction of sp³-hybridized carbons (Fsp3) is 0.538. The van der Waals surface area contributed by atoms with Crippen LogP contribution >= 0.6 is 0 Å². The highest BCUT2D eigenvalue weighted by molar-refractivity contribution is 7.84. The average molecular weight is 267 g/mol. The van der Waals surface area contributed by atoms with E-state index >= 15 is 0 Å². The van der Waals surface area contributed by atoms with Gasteiger partial charge in [-0.3, -0.25) is 14.0 Å². The number of ether oxygens (including phenoxy) is 1. The van der Waals surface area contributed by atoms with Crippen molar-refractivity contribution in [1.29, 1.82) is 0 Å². The Hall–Kier alpha value is -1.23. The van der Waals surface area contributed by atoms with Gasteiger partial charge in [-0.25, -0.2) is 0 Å². The fourth-order valence-corrected chi connectivity index (χ4v) is 3.64. The van der Waals surface area contributed by atoms with E-state index in [-0.39, 0.29) is 11.4 Å². The molecule has 1 fully saturated rings. The molecule has 4 nitrogen and oxygen atoms in total. The third kappa shape index (κ3) is 3.63. The standard InChI is InChI=1S/C13H17NO3S/c1-17-12(15)8-13(5-6-13)10-18(16)9-11-4-2-3-7-14-11/h2-4,7H,5-6,8-10H2,1H3. The minimum absolute atomic E-state index is 0.0767. The average Bonchev–Trinajstić information content (AvgIpc) is 3.09. The van der Waals surface area contributed by atoms with Gasteiger partial charge in [0.15, 0.2) is 0 Å². The topological polar surface area (TPSA) is 56.3 Å². The predicted octanol–water partition coefficient (Wildman–Crippen LogP) is 1.67. The van der Waals surface area contributed by atoms with Gasteiger partial charge in [-0.2, -0.15) is 0 Å². The third-order valence-corrected chi connectivity index (χ3v) is 4.76. The fourth-order valence-electron chi connectivity index (χ4n) is 1.97. The molecule has 0 radical (unpaired) electrons. The van der Waals surface area contributed by atoms with Crippen LogP contribution in [0, 0.1) is 5.41 Å². The first-order chi connectivity index (χ1) is 8.63. The van der Waals surface area contributed by atoms with Crippen molar-refractivity contribution in [2.24, 2.45) is 5.41 Å². The SMILES string of the molecule is COC(=O)CC1(CS(=O)Cc2ccccn2)CC1. The number of rotatable bonds is 6. The Kier molecular flexibility index (Phi) is 4.11. The molecule has 0 aliphatic heterocycles. The monoisotopic (exact) mass is 267 g/mol. The highest BCUT2D eigenvalue weighted by Crippen LogP contribution is 2.49. The molecule has 5 heteroatoms. The van der Waals surface area contributed by atoms with Gasteiger partial charge in [0.25, 0.3) is 0 Å². The molecular weight excluding hydrogens is 250 g/mol. The van der Waals surface area contributed by atoms with Gasteiger partial charge in [-0.1, -0.05) is 6.07 Å². The van der Waals surface area contributed by atoms with E-state index < -0.39 is 10.8 Å². The van der Waals surface area contributed by atoms with Gasteiger partial charge < -0.3 is 4.74 Å². The summed E-state index contributed by atoms with van der Waals surface area (Å²) in [7, 11) is 0.426. The number of carbonyl (C=O) groups excluding carboxylic acids is 1. The Balaban J connectivity index is 1.86. The normalized spacial score (nSPS) is 18.1. The van der Waals surface area contributed by atoms with Crippen molar-refractivity contribution >= 4 is 16.8 Å². The molecule has 1 atom stereocenters. The minimum Gasteiger partial charge on any atom is -0.469 e. The third-order valence-electron chi connectivity index (χ3n) is 3.21. The van der Waals surface area contributed by atoms with Crippen molar-refractivity contribution < 1.29 is 13.7 Å². The second kappa shape index (κ2) is 5.61. The van der Waals surface area contributed by atoms with Gasteiger partial charge in [0.2, 0.25) is 0 Å². The van der Waals surface area contributed by atoms with Gasteiger partial charge in [-0.15, -0.1) is 0 Å². The largest absolute Gasteiger partial charge is 0.469 e. The Labute approximate surface area is 109 Å². The summed E-state index contributed by atoms with van der Waals surface area (Å²) >= 11 is 0. The summed E-state index contributed by atoms with van der Waals surface area (Å²) in [6.07, 6.45) is 4.03. The van der Waals surface area contributed by atoms with Gasteiger partial charge in [0.05, 0.1) is 25.0 Å². The Bertz CT molecular complexity index is 443. The lowest BCUT2D eigenvalue weighted by atomic mass is 10.1. The Morgan fingerprint density at radius 1 is 1.50 bits per heavy atom. The minimum atomic E-state index is -0.967. The summed E-state index contributed by atoms with van der Waals surface area (Å²) in [6.45, 7) is 0. The highest BCUT2D eigenvalue weighted by Gasteiger charge is 2.45. The summed E-state index contributed by atoms with van der Waals surface area (Å²) in [5.74, 6) is 0.824. The molecule has 1 saturated carbocycles. The lowest BCUT2D eigenvalue weighted by Gasteiger charge is -2.12. The van der Waals surface area contributed by atoms with E-state index in [1.165, 1.54) is 7.11 Å². The Morgan fingerprint density at radius 2 is 2.28 bits per heavy atom. The van der Waals surface area contributed by atoms with E-state index in [9.17, 15) is 9.00 Å². The van der Waals surface area contributed by atoms with Crippen molar-refractivity contribution in [3.63, 3.8) is 0 Å². The summed E-state index contributed by atoms with van der Waals surface area (Å²) in [6, 6.07) is 5.60. The van der Waals surface area contributed by atoms with Crippen molar-refractivity contribution in [3.8, 4) is 0 Å². The molecule has 0 spiro atoms. The van der Waals surface area contributed by atoms with Crippen LogP contribution in [0.15, 0.2) is 24.4 Å². The molecule has 0 bridgehead atoms. The maximum Gasteiger partial charge on any atom is 0.306 e. The van der Waals surface area contributed by atoms with Gasteiger partial charge in [0, 0.05) is 22.7 Å². The zero-order chi connectivity index (χ0) is 13.0. The molecular formula is C13H17NO3S. The summed E-state index contributed by atoms with van der Waals surface area (Å²) in [5.41, 5.74) is 0.761. The molecule has 98 valence electrons. The number of pyridine rings is 1. The van der Waals surface area contributed by atoms with Crippen LogP contribution in [0.1, 0.15) is 25.0 Å². The molecule has 0 amide bonds. The number of esters is 1. The van der Waals surface area contributed by atoms with Crippen LogP contribution in [-0.2, 0) is 26.1 Å². The van der Waals surface area contributed by atoms with Crippen molar-refractivity contribution in [1.82, 2.24) is 4.98 Å². The van der Waals surface area contributed by atoms with Crippen LogP contribution in [0.4, 0.5) is 0 Å². The van der Waals surface area contributed by atoms with E-state index in [4.69, 9.17) is 0 Å². The van der Waals surface area contributed by atoms with E-state index in [0.717, 1.165) is 18.5 Å². The number of hydrogen-bond donors (Lipinski definition) is 0. The van der Waals surface area contributed by atoms with Gasteiger partial charge in [-0.05, 0) is 30.4 Å². The van der Waals surface area contributed by atoms with E-state index in [1.54, 1.807) is 6.20 Å². The second-order valence-corrected chi connectivity index (χ2v) is 6.26. The molecule has 1 aliphatic rings. The van der Waals surface area contributed by atoms with Crippen LogP contribution in [0.5, 0.6) is 0 Å². The summed E-state index contributed by atoms with van der Waals surface area (Å²) < 4.78 is 16.7. The van der Waals surface area contributed by atoms with E-state index in [2.05, 4.69) is 9.72 Å². The molecule has 1 unspecified atom stereocenters. The first kappa shape index (κ1) is 13.2. The smallest absolute Gasteiger partial charge is 0.306 e. The molecule has 1 aromatic rings. The number of aromatic nitrogens is 1. The molecule has 18 heavy (non-hydrogen) atoms. The lowest BCUT2D eigenvalue weighted by molar-refractivity contribution is -0.141. The first-order valence-corrected chi connectivity index (χ1v) is 7.44. The van der Waals surface area contributed by atoms with Crippen LogP contribution in [-0.4, -0.2) is 28.0 Å². The van der Waals surface area contributed by atoms with Crippen molar-refractivity contribution in [3.05, 3.63) is 30.1 Å². The zero-order valence-electron chi connectivity index (χ0n) is 10.4. The van der Waals surface area contributed by atoms with E-state index in [1.807, 2.05) is 18.2 Å². The molecule has 2 rings (SSSR count). The van der Waals surface area contributed by atoms with Crippen LogP contribution in [0.25, 0.3) is 0 Å². The quantitative estimate of drug-likeness (QED) is 0.736. The molecule has 1 aliphatic carbocycles. The zero-order valence-corrected chi connectivity index (χ0v) is 11.2. The number of methoxy groups -OCH3 is 1. The molecule has 0 saturated heterocycles. The van der Waals surface area contributed by atoms with Crippen LogP contribution < -0.4 is 0 Å². The molecule has 1 aromatic heterocycles. The molecule has 1 heterocycles. The summed E-state index contributed by atoms with van der Waals surface area (Å²) in [4.78, 5) is 15.4. The lowest BCUT2D eigenvalue weighted by Crippen LogP contribution is -2.18.